The van der Waals surface area contributed by atoms with Crippen LogP contribution in [0.25, 0.3) is 0 Å². The summed E-state index contributed by atoms with van der Waals surface area (Å²) in [4.78, 5) is 10.8. The fraction of sp³-hybridized carbons (Fsp3) is 0.750. The van der Waals surface area contributed by atoms with Crippen LogP contribution in [0, 0.1) is 5.92 Å². The Morgan fingerprint density at radius 2 is 1.38 bits per heavy atom. The van der Waals surface area contributed by atoms with Crippen molar-refractivity contribution in [2.75, 3.05) is 0 Å². The fourth-order valence-electron chi connectivity index (χ4n) is 1.33. The lowest BCUT2D eigenvalue weighted by Crippen LogP contribution is -2.68. The average molecular weight is 412 g/mol. The van der Waals surface area contributed by atoms with Crippen LogP contribution in [0.4, 0.5) is 48.3 Å². The molecule has 0 rings (SSSR count). The highest BCUT2D eigenvalue weighted by Gasteiger charge is 2.83. The van der Waals surface area contributed by atoms with E-state index in [1.165, 1.54) is 0 Å². The van der Waals surface area contributed by atoms with Crippen LogP contribution >= 0.6 is 0 Å². The van der Waals surface area contributed by atoms with Gasteiger partial charge in [0.15, 0.2) is 6.17 Å². The molecule has 3 nitrogen and oxygen atoms in total. The van der Waals surface area contributed by atoms with E-state index in [4.69, 9.17) is 5.11 Å². The third kappa shape index (κ3) is 4.04. The fourth-order valence-corrected chi connectivity index (χ4v) is 1.33. The van der Waals surface area contributed by atoms with Crippen molar-refractivity contribution in [3.63, 3.8) is 0 Å². The van der Waals surface area contributed by atoms with Gasteiger partial charge in [-0.3, -0.25) is 0 Å². The molecule has 0 aliphatic rings. The molecule has 1 N–H and O–H groups in total. The summed E-state index contributed by atoms with van der Waals surface area (Å²) in [6.07, 6.45) is -17.2. The second-order valence-electron chi connectivity index (χ2n) is 5.24. The zero-order valence-electron chi connectivity index (χ0n) is 12.8. The number of esters is 1. The molecule has 3 atom stereocenters. The Morgan fingerprint density at radius 1 is 1.00 bits per heavy atom. The summed E-state index contributed by atoms with van der Waals surface area (Å²) in [6, 6.07) is 0. The van der Waals surface area contributed by atoms with E-state index in [1.807, 2.05) is 0 Å². The standard InChI is InChI=1S/C12H11F11O3/c1-4(2)7(24)26-12(22,23)11(21,25)10(19,20)8(14,15)6(13)5(3)9(16,17)18/h5-6,25H,1H2,2-3H3. The molecule has 0 bridgehead atoms. The molecule has 154 valence electrons. The van der Waals surface area contributed by atoms with Crippen molar-refractivity contribution in [2.45, 2.75) is 50.0 Å². The number of alkyl halides is 11. The van der Waals surface area contributed by atoms with Crippen LogP contribution in [0.15, 0.2) is 12.2 Å². The van der Waals surface area contributed by atoms with Crippen molar-refractivity contribution in [2.24, 2.45) is 5.92 Å². The molecule has 0 spiro atoms. The van der Waals surface area contributed by atoms with Crippen molar-refractivity contribution >= 4 is 5.97 Å². The van der Waals surface area contributed by atoms with Crippen LogP contribution in [0.5, 0.6) is 0 Å². The molecule has 14 heteroatoms. The normalized spacial score (nSPS) is 18.7. The maximum absolute atomic E-state index is 13.5. The number of aliphatic hydroxyl groups is 1. The van der Waals surface area contributed by atoms with Gasteiger partial charge in [-0.2, -0.15) is 43.9 Å². The number of halogens is 11. The summed E-state index contributed by atoms with van der Waals surface area (Å²) in [5, 5.41) is 8.57. The van der Waals surface area contributed by atoms with Crippen LogP contribution in [0.3, 0.4) is 0 Å². The number of hydrogen-bond donors (Lipinski definition) is 1. The molecule has 0 saturated carbocycles. The molecule has 0 amide bonds. The molecule has 26 heavy (non-hydrogen) atoms. The van der Waals surface area contributed by atoms with Crippen molar-refractivity contribution in [3.8, 4) is 0 Å². The highest BCUT2D eigenvalue weighted by atomic mass is 19.4. The maximum Gasteiger partial charge on any atom is 0.468 e. The summed E-state index contributed by atoms with van der Waals surface area (Å²) in [6.45, 7) is 2.98. The second-order valence-corrected chi connectivity index (χ2v) is 5.24. The van der Waals surface area contributed by atoms with Gasteiger partial charge in [-0.05, 0) is 6.92 Å². The Balaban J connectivity index is 6.01. The molecule has 0 heterocycles. The molecule has 0 fully saturated rings. The lowest BCUT2D eigenvalue weighted by Gasteiger charge is -2.39. The summed E-state index contributed by atoms with van der Waals surface area (Å²) < 4.78 is 146. The second kappa shape index (κ2) is 6.85. The maximum atomic E-state index is 13.5. The smallest absolute Gasteiger partial charge is 0.393 e. The molecule has 0 aliphatic heterocycles. The molecule has 0 saturated heterocycles. The molecular weight excluding hydrogens is 401 g/mol. The largest absolute Gasteiger partial charge is 0.468 e. The van der Waals surface area contributed by atoms with Crippen LogP contribution in [0.2, 0.25) is 0 Å². The van der Waals surface area contributed by atoms with Crippen molar-refractivity contribution in [1.82, 2.24) is 0 Å². The van der Waals surface area contributed by atoms with Gasteiger partial charge in [0.05, 0.1) is 5.92 Å². The monoisotopic (exact) mass is 412 g/mol. The van der Waals surface area contributed by atoms with Crippen LogP contribution < -0.4 is 0 Å². The Bertz CT molecular complexity index is 553. The first-order valence-electron chi connectivity index (χ1n) is 6.29. The molecule has 0 aliphatic carbocycles. The highest BCUT2D eigenvalue weighted by molar-refractivity contribution is 5.87. The SMILES string of the molecule is C=C(C)C(=O)OC(F)(F)C(O)(F)C(F)(F)C(F)(F)C(F)C(C)C(F)(F)F. The number of hydrogen-bond acceptors (Lipinski definition) is 3. The van der Waals surface area contributed by atoms with Gasteiger partial charge in [0.1, 0.15) is 0 Å². The summed E-state index contributed by atoms with van der Waals surface area (Å²) in [5.74, 6) is -26.9. The number of carbonyl (C=O) groups excluding carboxylic acids is 1. The van der Waals surface area contributed by atoms with Crippen LogP contribution in [-0.4, -0.2) is 47.2 Å². The van der Waals surface area contributed by atoms with E-state index in [2.05, 4.69) is 11.3 Å². The summed E-state index contributed by atoms with van der Waals surface area (Å²) >= 11 is 0. The third-order valence-electron chi connectivity index (χ3n) is 3.09. The van der Waals surface area contributed by atoms with E-state index < -0.39 is 53.6 Å². The molecular formula is C12H11F11O3. The Hall–Kier alpha value is -1.60. The minimum Gasteiger partial charge on any atom is -0.393 e. The number of carbonyl (C=O) groups is 1. The van der Waals surface area contributed by atoms with Gasteiger partial charge in [0, 0.05) is 5.57 Å². The van der Waals surface area contributed by atoms with E-state index in [1.54, 1.807) is 0 Å². The first-order chi connectivity index (χ1) is 11.1. The van der Waals surface area contributed by atoms with Gasteiger partial charge < -0.3 is 9.84 Å². The Labute approximate surface area is 138 Å². The highest BCUT2D eigenvalue weighted by Crippen LogP contribution is 2.54. The van der Waals surface area contributed by atoms with Crippen LogP contribution in [-0.2, 0) is 9.53 Å². The first kappa shape index (κ1) is 24.4. The Morgan fingerprint density at radius 3 is 1.69 bits per heavy atom. The molecule has 0 aromatic heterocycles. The van der Waals surface area contributed by atoms with Crippen molar-refractivity contribution < 1.29 is 62.9 Å². The van der Waals surface area contributed by atoms with Crippen LogP contribution in [0.1, 0.15) is 13.8 Å². The molecule has 3 unspecified atom stereocenters. The lowest BCUT2D eigenvalue weighted by atomic mass is 9.91. The quantitative estimate of drug-likeness (QED) is 0.388. The van der Waals surface area contributed by atoms with Crippen molar-refractivity contribution in [1.29, 1.82) is 0 Å². The predicted molar refractivity (Wildman–Crippen MR) is 61.9 cm³/mol. The molecule has 0 aromatic carbocycles. The van der Waals surface area contributed by atoms with E-state index in [0.29, 0.717) is 6.92 Å². The molecule has 0 aromatic rings. The van der Waals surface area contributed by atoms with E-state index in [9.17, 15) is 53.1 Å². The summed E-state index contributed by atoms with van der Waals surface area (Å²) in [5.41, 5.74) is -0.968. The number of ether oxygens (including phenoxy) is 1. The first-order valence-corrected chi connectivity index (χ1v) is 6.29. The van der Waals surface area contributed by atoms with E-state index in [0.717, 1.165) is 0 Å². The molecule has 0 radical (unpaired) electrons. The van der Waals surface area contributed by atoms with Gasteiger partial charge in [-0.1, -0.05) is 13.5 Å². The third-order valence-corrected chi connectivity index (χ3v) is 3.09. The average Bonchev–Trinajstić information content (AvgIpc) is 2.43. The van der Waals surface area contributed by atoms with Gasteiger partial charge in [0.2, 0.25) is 0 Å². The predicted octanol–water partition coefficient (Wildman–Crippen LogP) is 4.16. The summed E-state index contributed by atoms with van der Waals surface area (Å²) in [7, 11) is 0. The minimum absolute atomic E-state index is 0.342. The van der Waals surface area contributed by atoms with E-state index in [-0.39, 0.29) is 6.92 Å². The topological polar surface area (TPSA) is 46.5 Å². The van der Waals surface area contributed by atoms with Gasteiger partial charge in [-0.25, -0.2) is 9.18 Å². The number of rotatable bonds is 7. The zero-order chi connectivity index (χ0) is 21.5. The Kier molecular flexibility index (Phi) is 6.43. The zero-order valence-corrected chi connectivity index (χ0v) is 12.8. The van der Waals surface area contributed by atoms with Gasteiger partial charge in [-0.15, -0.1) is 0 Å². The van der Waals surface area contributed by atoms with Gasteiger partial charge in [0.25, 0.3) is 0 Å². The minimum atomic E-state index is -7.15. The lowest BCUT2D eigenvalue weighted by molar-refractivity contribution is -0.447. The van der Waals surface area contributed by atoms with E-state index >= 15 is 0 Å². The van der Waals surface area contributed by atoms with Crippen molar-refractivity contribution in [3.05, 3.63) is 12.2 Å². The van der Waals surface area contributed by atoms with Gasteiger partial charge >= 0.3 is 36.0 Å².